The molecule has 0 aliphatic heterocycles. The first-order chi connectivity index (χ1) is 7.36. The maximum Gasteiger partial charge on any atom is 0.121 e. The van der Waals surface area contributed by atoms with Gasteiger partial charge in [-0.1, -0.05) is 13.0 Å². The zero-order valence-corrected chi connectivity index (χ0v) is 9.33. The topological polar surface area (TPSA) is 47.3 Å². The number of hydrogen-bond donors (Lipinski definition) is 2. The van der Waals surface area contributed by atoms with E-state index in [4.69, 9.17) is 10.5 Å². The molecule has 0 radical (unpaired) electrons. The highest BCUT2D eigenvalue weighted by Gasteiger charge is 1.95. The summed E-state index contributed by atoms with van der Waals surface area (Å²) in [5, 5.41) is 3.30. The van der Waals surface area contributed by atoms with Gasteiger partial charge < -0.3 is 15.8 Å². The van der Waals surface area contributed by atoms with Crippen LogP contribution in [0.3, 0.4) is 0 Å². The highest BCUT2D eigenvalue weighted by atomic mass is 16.5. The minimum atomic E-state index is 0.721. The summed E-state index contributed by atoms with van der Waals surface area (Å²) in [4.78, 5) is 0. The molecule has 0 aliphatic carbocycles. The van der Waals surface area contributed by atoms with Gasteiger partial charge in [0, 0.05) is 18.3 Å². The van der Waals surface area contributed by atoms with Gasteiger partial charge >= 0.3 is 0 Å². The van der Waals surface area contributed by atoms with Crippen molar-refractivity contribution in [2.24, 2.45) is 5.73 Å². The molecule has 3 nitrogen and oxygen atoms in total. The van der Waals surface area contributed by atoms with Crippen molar-refractivity contribution in [3.05, 3.63) is 24.3 Å². The van der Waals surface area contributed by atoms with E-state index >= 15 is 0 Å². The number of benzene rings is 1. The van der Waals surface area contributed by atoms with Crippen LogP contribution in [-0.4, -0.2) is 19.7 Å². The van der Waals surface area contributed by atoms with Crippen molar-refractivity contribution in [2.45, 2.75) is 19.8 Å². The summed E-state index contributed by atoms with van der Waals surface area (Å²) in [6.45, 7) is 4.50. The average molecular weight is 208 g/mol. The van der Waals surface area contributed by atoms with E-state index in [1.807, 2.05) is 24.3 Å². The Morgan fingerprint density at radius 2 is 2.27 bits per heavy atom. The third-order valence-electron chi connectivity index (χ3n) is 2.02. The van der Waals surface area contributed by atoms with Gasteiger partial charge in [-0.15, -0.1) is 0 Å². The molecule has 1 rings (SSSR count). The molecule has 0 aromatic heterocycles. The SMILES string of the molecule is CCCOc1cccc(NCCCN)c1. The quantitative estimate of drug-likeness (QED) is 0.675. The first-order valence-electron chi connectivity index (χ1n) is 5.53. The maximum absolute atomic E-state index is 5.54. The summed E-state index contributed by atoms with van der Waals surface area (Å²) in [7, 11) is 0. The molecule has 84 valence electrons. The van der Waals surface area contributed by atoms with Gasteiger partial charge in [-0.05, 0) is 31.5 Å². The summed E-state index contributed by atoms with van der Waals surface area (Å²) in [5.74, 6) is 0.926. The Hall–Kier alpha value is -1.22. The molecule has 0 saturated heterocycles. The fourth-order valence-electron chi connectivity index (χ4n) is 1.25. The molecule has 1 aromatic rings. The van der Waals surface area contributed by atoms with Gasteiger partial charge in [0.15, 0.2) is 0 Å². The number of rotatable bonds is 7. The molecule has 0 heterocycles. The van der Waals surface area contributed by atoms with E-state index in [-0.39, 0.29) is 0 Å². The molecular weight excluding hydrogens is 188 g/mol. The second kappa shape index (κ2) is 7.12. The van der Waals surface area contributed by atoms with Crippen LogP contribution in [-0.2, 0) is 0 Å². The van der Waals surface area contributed by atoms with Crippen LogP contribution in [0.4, 0.5) is 5.69 Å². The summed E-state index contributed by atoms with van der Waals surface area (Å²) in [5.41, 5.74) is 6.52. The Kier molecular flexibility index (Phi) is 5.63. The van der Waals surface area contributed by atoms with Crippen LogP contribution >= 0.6 is 0 Å². The van der Waals surface area contributed by atoms with Crippen molar-refractivity contribution in [3.63, 3.8) is 0 Å². The van der Waals surface area contributed by atoms with E-state index in [0.717, 1.165) is 44.0 Å². The summed E-state index contributed by atoms with van der Waals surface area (Å²) < 4.78 is 5.54. The van der Waals surface area contributed by atoms with Crippen molar-refractivity contribution in [2.75, 3.05) is 25.0 Å². The molecule has 0 bridgehead atoms. The van der Waals surface area contributed by atoms with E-state index < -0.39 is 0 Å². The first-order valence-corrected chi connectivity index (χ1v) is 5.53. The lowest BCUT2D eigenvalue weighted by Crippen LogP contribution is -2.08. The van der Waals surface area contributed by atoms with Crippen LogP contribution in [0.5, 0.6) is 5.75 Å². The molecule has 15 heavy (non-hydrogen) atoms. The van der Waals surface area contributed by atoms with Gasteiger partial charge in [-0.2, -0.15) is 0 Å². The van der Waals surface area contributed by atoms with Crippen LogP contribution in [0.2, 0.25) is 0 Å². The molecule has 0 fully saturated rings. The van der Waals surface area contributed by atoms with Gasteiger partial charge in [0.2, 0.25) is 0 Å². The smallest absolute Gasteiger partial charge is 0.121 e. The molecule has 1 aromatic carbocycles. The van der Waals surface area contributed by atoms with Crippen molar-refractivity contribution in [3.8, 4) is 5.75 Å². The van der Waals surface area contributed by atoms with Crippen molar-refractivity contribution in [1.82, 2.24) is 0 Å². The minimum Gasteiger partial charge on any atom is -0.494 e. The van der Waals surface area contributed by atoms with Crippen LogP contribution in [0.1, 0.15) is 19.8 Å². The number of nitrogens with one attached hydrogen (secondary N) is 1. The molecule has 3 heteroatoms. The number of hydrogen-bond acceptors (Lipinski definition) is 3. The second-order valence-electron chi connectivity index (χ2n) is 3.45. The predicted octanol–water partition coefficient (Wildman–Crippen LogP) is 2.24. The summed E-state index contributed by atoms with van der Waals surface area (Å²) in [6.07, 6.45) is 2.02. The Morgan fingerprint density at radius 1 is 1.40 bits per heavy atom. The molecule has 0 aliphatic rings. The number of anilines is 1. The minimum absolute atomic E-state index is 0.721. The van der Waals surface area contributed by atoms with E-state index in [9.17, 15) is 0 Å². The van der Waals surface area contributed by atoms with Gasteiger partial charge in [0.05, 0.1) is 6.61 Å². The van der Waals surface area contributed by atoms with E-state index in [2.05, 4.69) is 12.2 Å². The summed E-state index contributed by atoms with van der Waals surface area (Å²) >= 11 is 0. The zero-order chi connectivity index (χ0) is 10.9. The van der Waals surface area contributed by atoms with E-state index in [1.54, 1.807) is 0 Å². The lowest BCUT2D eigenvalue weighted by atomic mass is 10.3. The molecule has 0 spiro atoms. The lowest BCUT2D eigenvalue weighted by molar-refractivity contribution is 0.317. The van der Waals surface area contributed by atoms with Gasteiger partial charge in [0.25, 0.3) is 0 Å². The van der Waals surface area contributed by atoms with Gasteiger partial charge in [-0.25, -0.2) is 0 Å². The lowest BCUT2D eigenvalue weighted by Gasteiger charge is -2.08. The fraction of sp³-hybridized carbons (Fsp3) is 0.500. The van der Waals surface area contributed by atoms with E-state index in [0.29, 0.717) is 0 Å². The zero-order valence-electron chi connectivity index (χ0n) is 9.33. The fourth-order valence-corrected chi connectivity index (χ4v) is 1.25. The Bertz CT molecular complexity index is 276. The second-order valence-corrected chi connectivity index (χ2v) is 3.45. The summed E-state index contributed by atoms with van der Waals surface area (Å²) in [6, 6.07) is 8.03. The van der Waals surface area contributed by atoms with E-state index in [1.165, 1.54) is 0 Å². The van der Waals surface area contributed by atoms with Crippen LogP contribution in [0, 0.1) is 0 Å². The average Bonchev–Trinajstić information content (AvgIpc) is 2.27. The standard InChI is InChI=1S/C12H20N2O/c1-2-9-15-12-6-3-5-11(10-12)14-8-4-7-13/h3,5-6,10,14H,2,4,7-9,13H2,1H3. The molecular formula is C12H20N2O. The van der Waals surface area contributed by atoms with Crippen LogP contribution in [0.25, 0.3) is 0 Å². The monoisotopic (exact) mass is 208 g/mol. The van der Waals surface area contributed by atoms with Crippen LogP contribution in [0.15, 0.2) is 24.3 Å². The largest absolute Gasteiger partial charge is 0.494 e. The molecule has 0 saturated carbocycles. The van der Waals surface area contributed by atoms with Gasteiger partial charge in [0.1, 0.15) is 5.75 Å². The van der Waals surface area contributed by atoms with Crippen LogP contribution < -0.4 is 15.8 Å². The third-order valence-corrected chi connectivity index (χ3v) is 2.02. The highest BCUT2D eigenvalue weighted by molar-refractivity contribution is 5.48. The van der Waals surface area contributed by atoms with Crippen molar-refractivity contribution >= 4 is 5.69 Å². The third kappa shape index (κ3) is 4.70. The maximum atomic E-state index is 5.54. The Labute approximate surface area is 91.6 Å². The predicted molar refractivity (Wildman–Crippen MR) is 64.4 cm³/mol. The number of ether oxygens (including phenoxy) is 1. The number of nitrogens with two attached hydrogens (primary N) is 1. The van der Waals surface area contributed by atoms with Crippen molar-refractivity contribution < 1.29 is 4.74 Å². The molecule has 0 unspecified atom stereocenters. The Balaban J connectivity index is 2.42. The molecule has 0 atom stereocenters. The normalized spacial score (nSPS) is 10.0. The Morgan fingerprint density at radius 3 is 3.00 bits per heavy atom. The first kappa shape index (κ1) is 11.9. The van der Waals surface area contributed by atoms with Gasteiger partial charge in [-0.3, -0.25) is 0 Å². The van der Waals surface area contributed by atoms with Crippen molar-refractivity contribution in [1.29, 1.82) is 0 Å². The highest BCUT2D eigenvalue weighted by Crippen LogP contribution is 2.17. The molecule has 3 N–H and O–H groups in total. The molecule has 0 amide bonds.